The summed E-state index contributed by atoms with van der Waals surface area (Å²) >= 11 is 0. The first-order chi connectivity index (χ1) is 11.0. The average molecular weight is 309 g/mol. The molecule has 0 atom stereocenters. The first-order valence-corrected chi connectivity index (χ1v) is 8.78. The zero-order valence-corrected chi connectivity index (χ0v) is 15.7. The molecule has 1 aliphatic rings. The van der Waals surface area contributed by atoms with Crippen molar-refractivity contribution in [3.8, 4) is 0 Å². The summed E-state index contributed by atoms with van der Waals surface area (Å²) in [6.07, 6.45) is 2.75. The van der Waals surface area contributed by atoms with E-state index in [4.69, 9.17) is 0 Å². The van der Waals surface area contributed by atoms with Crippen molar-refractivity contribution in [3.05, 3.63) is 82.9 Å². The second-order valence-corrected chi connectivity index (χ2v) is 6.46. The molecule has 0 heteroatoms. The summed E-state index contributed by atoms with van der Waals surface area (Å²) in [5.74, 6) is 0. The van der Waals surface area contributed by atoms with Crippen molar-refractivity contribution in [1.29, 1.82) is 0 Å². The Morgan fingerprint density at radius 3 is 1.26 bits per heavy atom. The molecule has 124 valence electrons. The highest BCUT2D eigenvalue weighted by atomic mass is 14.2. The minimum Gasteiger partial charge on any atom is -0.0772 e. The van der Waals surface area contributed by atoms with Gasteiger partial charge in [0.1, 0.15) is 0 Å². The highest BCUT2D eigenvalue weighted by Crippen LogP contribution is 2.31. The van der Waals surface area contributed by atoms with Crippen LogP contribution in [0.4, 0.5) is 0 Å². The quantitative estimate of drug-likeness (QED) is 0.516. The standard InChI is InChI=1S/C15H16.C6H10.C2H6/c1-15(2,13-9-5-3-6-10-13)14-11-7-4-8-12-14;1-5(2)6-3-4-6;1-2/h3-12H,1-2H3;3-4H2,1-2H3;1-2H3. The van der Waals surface area contributed by atoms with Gasteiger partial charge in [-0.3, -0.25) is 0 Å². The molecule has 0 N–H and O–H groups in total. The maximum atomic E-state index is 2.26. The number of allylic oxidation sites excluding steroid dienone is 2. The summed E-state index contributed by atoms with van der Waals surface area (Å²) in [6, 6.07) is 21.3. The molecule has 0 spiro atoms. The van der Waals surface area contributed by atoms with Gasteiger partial charge in [0.05, 0.1) is 0 Å². The molecule has 0 radical (unpaired) electrons. The molecule has 1 saturated carbocycles. The van der Waals surface area contributed by atoms with Crippen molar-refractivity contribution < 1.29 is 0 Å². The van der Waals surface area contributed by atoms with E-state index in [2.05, 4.69) is 88.4 Å². The molecule has 1 aliphatic carbocycles. The monoisotopic (exact) mass is 308 g/mol. The van der Waals surface area contributed by atoms with Gasteiger partial charge in [0.2, 0.25) is 0 Å². The third-order valence-corrected chi connectivity index (χ3v) is 4.20. The van der Waals surface area contributed by atoms with Gasteiger partial charge in [-0.15, -0.1) is 0 Å². The lowest BCUT2D eigenvalue weighted by molar-refractivity contribution is 0.641. The van der Waals surface area contributed by atoms with Crippen LogP contribution in [-0.4, -0.2) is 0 Å². The fraction of sp³-hybridized carbons (Fsp3) is 0.391. The van der Waals surface area contributed by atoms with Crippen LogP contribution < -0.4 is 0 Å². The Balaban J connectivity index is 0.000000276. The first kappa shape index (κ1) is 19.2. The van der Waals surface area contributed by atoms with E-state index < -0.39 is 0 Å². The molecule has 0 amide bonds. The first-order valence-electron chi connectivity index (χ1n) is 8.78. The molecule has 2 aromatic carbocycles. The van der Waals surface area contributed by atoms with Crippen LogP contribution in [0.25, 0.3) is 0 Å². The largest absolute Gasteiger partial charge is 0.0772 e. The van der Waals surface area contributed by atoms with Gasteiger partial charge in [0, 0.05) is 5.41 Å². The molecule has 2 aromatic rings. The molecule has 0 saturated heterocycles. The maximum Gasteiger partial charge on any atom is 0.0146 e. The molecule has 1 fully saturated rings. The van der Waals surface area contributed by atoms with Crippen molar-refractivity contribution >= 4 is 0 Å². The van der Waals surface area contributed by atoms with Crippen molar-refractivity contribution in [3.63, 3.8) is 0 Å². The smallest absolute Gasteiger partial charge is 0.0146 e. The van der Waals surface area contributed by atoms with E-state index in [1.165, 1.54) is 29.5 Å². The Kier molecular flexibility index (Phi) is 7.81. The Morgan fingerprint density at radius 2 is 1.04 bits per heavy atom. The maximum absolute atomic E-state index is 2.26. The molecular formula is C23H32. The third kappa shape index (κ3) is 6.06. The van der Waals surface area contributed by atoms with Crippen LogP contribution in [0.5, 0.6) is 0 Å². The predicted octanol–water partition coefficient (Wildman–Crippen LogP) is 7.16. The Hall–Kier alpha value is -1.82. The van der Waals surface area contributed by atoms with E-state index in [0.29, 0.717) is 0 Å². The normalized spacial score (nSPS) is 12.3. The number of hydrogen-bond acceptors (Lipinski definition) is 0. The Morgan fingerprint density at radius 1 is 0.696 bits per heavy atom. The summed E-state index contributed by atoms with van der Waals surface area (Å²) < 4.78 is 0. The fourth-order valence-electron chi connectivity index (χ4n) is 2.44. The average Bonchev–Trinajstić information content (AvgIpc) is 3.44. The highest BCUT2D eigenvalue weighted by molar-refractivity contribution is 5.36. The molecule has 0 aliphatic heterocycles. The lowest BCUT2D eigenvalue weighted by Gasteiger charge is -2.25. The number of rotatable bonds is 2. The van der Waals surface area contributed by atoms with Crippen LogP contribution in [0, 0.1) is 0 Å². The zero-order chi connectivity index (χ0) is 17.3. The predicted molar refractivity (Wildman–Crippen MR) is 104 cm³/mol. The summed E-state index contributed by atoms with van der Waals surface area (Å²) in [7, 11) is 0. The summed E-state index contributed by atoms with van der Waals surface area (Å²) in [4.78, 5) is 0. The SMILES string of the molecule is CC.CC(C)(c1ccccc1)c1ccccc1.CC(C)=C1CC1. The van der Waals surface area contributed by atoms with E-state index in [1.54, 1.807) is 5.57 Å². The third-order valence-electron chi connectivity index (χ3n) is 4.20. The van der Waals surface area contributed by atoms with Gasteiger partial charge in [0.25, 0.3) is 0 Å². The van der Waals surface area contributed by atoms with E-state index in [9.17, 15) is 0 Å². The molecule has 0 unspecified atom stereocenters. The minimum atomic E-state index is 0.0858. The topological polar surface area (TPSA) is 0 Å². The van der Waals surface area contributed by atoms with E-state index in [1.807, 2.05) is 13.8 Å². The molecule has 0 heterocycles. The Labute approximate surface area is 143 Å². The van der Waals surface area contributed by atoms with Gasteiger partial charge >= 0.3 is 0 Å². The second kappa shape index (κ2) is 9.35. The van der Waals surface area contributed by atoms with E-state index in [-0.39, 0.29) is 5.41 Å². The van der Waals surface area contributed by atoms with Gasteiger partial charge in [0.15, 0.2) is 0 Å². The fourth-order valence-corrected chi connectivity index (χ4v) is 2.44. The summed E-state index contributed by atoms with van der Waals surface area (Å²) in [6.45, 7) is 12.9. The van der Waals surface area contributed by atoms with Gasteiger partial charge in [-0.1, -0.05) is 99.5 Å². The minimum absolute atomic E-state index is 0.0858. The van der Waals surface area contributed by atoms with Crippen molar-refractivity contribution in [2.75, 3.05) is 0 Å². The Bertz CT molecular complexity index is 537. The van der Waals surface area contributed by atoms with Crippen LogP contribution in [-0.2, 0) is 5.41 Å². The van der Waals surface area contributed by atoms with Crippen LogP contribution in [0.3, 0.4) is 0 Å². The summed E-state index contributed by atoms with van der Waals surface area (Å²) in [5, 5.41) is 0. The number of hydrogen-bond donors (Lipinski definition) is 0. The molecule has 0 bridgehead atoms. The van der Waals surface area contributed by atoms with E-state index in [0.717, 1.165) is 0 Å². The van der Waals surface area contributed by atoms with Crippen LogP contribution in [0.2, 0.25) is 0 Å². The van der Waals surface area contributed by atoms with Gasteiger partial charge in [-0.2, -0.15) is 0 Å². The van der Waals surface area contributed by atoms with Crippen molar-refractivity contribution in [2.45, 2.75) is 59.8 Å². The van der Waals surface area contributed by atoms with Gasteiger partial charge < -0.3 is 0 Å². The lowest BCUT2D eigenvalue weighted by Crippen LogP contribution is -2.18. The van der Waals surface area contributed by atoms with Crippen LogP contribution >= 0.6 is 0 Å². The number of benzene rings is 2. The van der Waals surface area contributed by atoms with Crippen molar-refractivity contribution in [2.24, 2.45) is 0 Å². The van der Waals surface area contributed by atoms with Gasteiger partial charge in [-0.25, -0.2) is 0 Å². The van der Waals surface area contributed by atoms with Gasteiger partial charge in [-0.05, 0) is 37.8 Å². The molecular weight excluding hydrogens is 276 g/mol. The lowest BCUT2D eigenvalue weighted by atomic mass is 9.78. The molecule has 0 nitrogen and oxygen atoms in total. The van der Waals surface area contributed by atoms with Crippen LogP contribution in [0.15, 0.2) is 71.8 Å². The summed E-state index contributed by atoms with van der Waals surface area (Å²) in [5.41, 5.74) is 6.01. The highest BCUT2D eigenvalue weighted by Gasteiger charge is 2.21. The molecule has 0 aromatic heterocycles. The van der Waals surface area contributed by atoms with Crippen molar-refractivity contribution in [1.82, 2.24) is 0 Å². The van der Waals surface area contributed by atoms with Crippen LogP contribution in [0.1, 0.15) is 65.5 Å². The molecule has 3 rings (SSSR count). The zero-order valence-electron chi connectivity index (χ0n) is 15.7. The second-order valence-electron chi connectivity index (χ2n) is 6.46. The molecule has 23 heavy (non-hydrogen) atoms. The van der Waals surface area contributed by atoms with E-state index >= 15 is 0 Å².